The van der Waals surface area contributed by atoms with Crippen molar-refractivity contribution in [3.8, 4) is 0 Å². The second-order valence-electron chi connectivity index (χ2n) is 3.53. The van der Waals surface area contributed by atoms with Crippen molar-refractivity contribution in [1.82, 2.24) is 9.97 Å². The number of nitrogens with zero attached hydrogens (tertiary/aromatic N) is 2. The Morgan fingerprint density at radius 3 is 2.38 bits per heavy atom. The maximum Gasteiger partial charge on any atom is 0.144 e. The standard InChI is InChI=1S/C13H13N3/c14-13-7-2-1-6-12(16-13)9-8-11-5-3-4-10-15-11/h1-7,10,14H,8-9H2. The second kappa shape index (κ2) is 5.16. The fraction of sp³-hybridized carbons (Fsp3) is 0.154. The van der Waals surface area contributed by atoms with Gasteiger partial charge in [0.15, 0.2) is 0 Å². The Labute approximate surface area is 94.4 Å². The van der Waals surface area contributed by atoms with Crippen LogP contribution in [-0.4, -0.2) is 9.97 Å². The Kier molecular flexibility index (Phi) is 3.38. The highest BCUT2D eigenvalue weighted by atomic mass is 14.7. The van der Waals surface area contributed by atoms with Crippen LogP contribution >= 0.6 is 0 Å². The third-order valence-electron chi connectivity index (χ3n) is 2.28. The smallest absolute Gasteiger partial charge is 0.144 e. The van der Waals surface area contributed by atoms with Gasteiger partial charge in [0.1, 0.15) is 5.49 Å². The van der Waals surface area contributed by atoms with Crippen LogP contribution in [0.25, 0.3) is 0 Å². The molecule has 0 saturated heterocycles. The van der Waals surface area contributed by atoms with Gasteiger partial charge in [-0.3, -0.25) is 10.4 Å². The van der Waals surface area contributed by atoms with Gasteiger partial charge in [0, 0.05) is 17.6 Å². The van der Waals surface area contributed by atoms with E-state index in [0.29, 0.717) is 5.49 Å². The molecule has 0 saturated carbocycles. The molecule has 1 N–H and O–H groups in total. The van der Waals surface area contributed by atoms with Crippen LogP contribution in [0.1, 0.15) is 11.4 Å². The normalized spacial score (nSPS) is 10.0. The van der Waals surface area contributed by atoms with Crippen LogP contribution in [0.5, 0.6) is 0 Å². The molecule has 2 aromatic heterocycles. The summed E-state index contributed by atoms with van der Waals surface area (Å²) in [5.74, 6) is 0. The molecule has 0 radical (unpaired) electrons. The van der Waals surface area contributed by atoms with Crippen LogP contribution in [0.15, 0.2) is 48.7 Å². The zero-order valence-corrected chi connectivity index (χ0v) is 8.93. The molecular formula is C13H13N3. The van der Waals surface area contributed by atoms with Crippen molar-refractivity contribution in [2.45, 2.75) is 12.8 Å². The highest BCUT2D eigenvalue weighted by Crippen LogP contribution is 2.00. The molecule has 2 heterocycles. The summed E-state index contributed by atoms with van der Waals surface area (Å²) < 4.78 is 0. The van der Waals surface area contributed by atoms with Gasteiger partial charge in [0.05, 0.1) is 0 Å². The Morgan fingerprint density at radius 1 is 0.875 bits per heavy atom. The number of pyridine rings is 1. The molecule has 0 bridgehead atoms. The van der Waals surface area contributed by atoms with E-state index in [1.807, 2.05) is 36.4 Å². The van der Waals surface area contributed by atoms with Crippen molar-refractivity contribution in [3.05, 3.63) is 65.5 Å². The van der Waals surface area contributed by atoms with Crippen LogP contribution in [0.4, 0.5) is 0 Å². The predicted octanol–water partition coefficient (Wildman–Crippen LogP) is 1.74. The second-order valence-corrected chi connectivity index (χ2v) is 3.53. The SMILES string of the molecule is N=c1ccccc(CCc2ccccn2)n1. The number of aryl methyl sites for hydroxylation is 2. The molecule has 80 valence electrons. The third-order valence-corrected chi connectivity index (χ3v) is 2.28. The summed E-state index contributed by atoms with van der Waals surface area (Å²) in [6.45, 7) is 0. The van der Waals surface area contributed by atoms with Crippen molar-refractivity contribution < 1.29 is 0 Å². The third kappa shape index (κ3) is 2.98. The largest absolute Gasteiger partial charge is 0.283 e. The molecule has 0 atom stereocenters. The minimum absolute atomic E-state index is 0.307. The van der Waals surface area contributed by atoms with Crippen LogP contribution in [-0.2, 0) is 12.8 Å². The molecule has 0 aliphatic heterocycles. The van der Waals surface area contributed by atoms with E-state index in [1.54, 1.807) is 12.3 Å². The van der Waals surface area contributed by atoms with Crippen molar-refractivity contribution in [3.63, 3.8) is 0 Å². The molecule has 0 aliphatic carbocycles. The zero-order valence-electron chi connectivity index (χ0n) is 8.93. The summed E-state index contributed by atoms with van der Waals surface area (Å²) in [7, 11) is 0. The summed E-state index contributed by atoms with van der Waals surface area (Å²) >= 11 is 0. The van der Waals surface area contributed by atoms with Crippen LogP contribution in [0.3, 0.4) is 0 Å². The van der Waals surface area contributed by atoms with E-state index in [9.17, 15) is 0 Å². The summed E-state index contributed by atoms with van der Waals surface area (Å²) in [5, 5.41) is 7.51. The Balaban J connectivity index is 2.09. The Morgan fingerprint density at radius 2 is 1.56 bits per heavy atom. The number of hydrogen-bond acceptors (Lipinski definition) is 3. The lowest BCUT2D eigenvalue weighted by molar-refractivity contribution is 0.870. The fourth-order valence-electron chi connectivity index (χ4n) is 1.48. The number of nitrogens with one attached hydrogen (secondary N) is 1. The molecule has 3 nitrogen and oxygen atoms in total. The van der Waals surface area contributed by atoms with E-state index < -0.39 is 0 Å². The zero-order chi connectivity index (χ0) is 11.2. The predicted molar refractivity (Wildman–Crippen MR) is 61.7 cm³/mol. The first-order valence-corrected chi connectivity index (χ1v) is 5.25. The van der Waals surface area contributed by atoms with Gasteiger partial charge in [-0.05, 0) is 37.1 Å². The van der Waals surface area contributed by atoms with Crippen LogP contribution in [0.2, 0.25) is 0 Å². The van der Waals surface area contributed by atoms with Crippen molar-refractivity contribution in [1.29, 1.82) is 5.41 Å². The lowest BCUT2D eigenvalue weighted by atomic mass is 10.2. The maximum atomic E-state index is 7.51. The Hall–Kier alpha value is -2.03. The molecule has 2 aromatic rings. The number of aromatic nitrogens is 2. The Bertz CT molecular complexity index is 509. The van der Waals surface area contributed by atoms with Crippen LogP contribution < -0.4 is 5.49 Å². The molecule has 2 rings (SSSR count). The summed E-state index contributed by atoms with van der Waals surface area (Å²) in [4.78, 5) is 8.45. The van der Waals surface area contributed by atoms with Crippen molar-refractivity contribution >= 4 is 0 Å². The van der Waals surface area contributed by atoms with Gasteiger partial charge >= 0.3 is 0 Å². The molecule has 3 heteroatoms. The average Bonchev–Trinajstić information content (AvgIpc) is 2.52. The van der Waals surface area contributed by atoms with Crippen LogP contribution in [0, 0.1) is 5.41 Å². The number of hydrogen-bond donors (Lipinski definition) is 1. The van der Waals surface area contributed by atoms with Gasteiger partial charge < -0.3 is 0 Å². The first kappa shape index (κ1) is 10.5. The van der Waals surface area contributed by atoms with E-state index in [4.69, 9.17) is 5.41 Å². The lowest BCUT2D eigenvalue weighted by Crippen LogP contribution is -2.04. The van der Waals surface area contributed by atoms with Gasteiger partial charge in [-0.1, -0.05) is 18.2 Å². The quantitative estimate of drug-likeness (QED) is 0.840. The summed E-state index contributed by atoms with van der Waals surface area (Å²) in [5.41, 5.74) is 2.30. The summed E-state index contributed by atoms with van der Waals surface area (Å²) in [6, 6.07) is 13.3. The number of rotatable bonds is 3. The molecule has 0 amide bonds. The average molecular weight is 211 g/mol. The topological polar surface area (TPSA) is 49.6 Å². The van der Waals surface area contributed by atoms with E-state index in [1.165, 1.54) is 0 Å². The maximum absolute atomic E-state index is 7.51. The van der Waals surface area contributed by atoms with Crippen molar-refractivity contribution in [2.75, 3.05) is 0 Å². The van der Waals surface area contributed by atoms with Gasteiger partial charge in [-0.25, -0.2) is 4.98 Å². The first-order chi connectivity index (χ1) is 7.84. The molecular weight excluding hydrogens is 198 g/mol. The lowest BCUT2D eigenvalue weighted by Gasteiger charge is -1.97. The van der Waals surface area contributed by atoms with E-state index in [0.717, 1.165) is 24.2 Å². The van der Waals surface area contributed by atoms with E-state index in [-0.39, 0.29) is 0 Å². The highest BCUT2D eigenvalue weighted by molar-refractivity contribution is 5.08. The highest BCUT2D eigenvalue weighted by Gasteiger charge is 1.96. The van der Waals surface area contributed by atoms with Crippen molar-refractivity contribution in [2.24, 2.45) is 0 Å². The van der Waals surface area contributed by atoms with Gasteiger partial charge in [-0.2, -0.15) is 0 Å². The molecule has 0 aliphatic rings. The minimum Gasteiger partial charge on any atom is -0.283 e. The molecule has 0 unspecified atom stereocenters. The molecule has 0 spiro atoms. The van der Waals surface area contributed by atoms with Gasteiger partial charge in [0.25, 0.3) is 0 Å². The molecule has 0 fully saturated rings. The fourth-order valence-corrected chi connectivity index (χ4v) is 1.48. The van der Waals surface area contributed by atoms with Gasteiger partial charge in [-0.15, -0.1) is 0 Å². The molecule has 16 heavy (non-hydrogen) atoms. The minimum atomic E-state index is 0.307. The first-order valence-electron chi connectivity index (χ1n) is 5.25. The summed E-state index contributed by atoms with van der Waals surface area (Å²) in [6.07, 6.45) is 3.47. The van der Waals surface area contributed by atoms with E-state index in [2.05, 4.69) is 9.97 Å². The van der Waals surface area contributed by atoms with Gasteiger partial charge in [0.2, 0.25) is 0 Å². The molecule has 0 aromatic carbocycles. The van der Waals surface area contributed by atoms with E-state index >= 15 is 0 Å². The monoisotopic (exact) mass is 211 g/mol.